The molecule has 4 aromatic heterocycles. The van der Waals surface area contributed by atoms with Gasteiger partial charge in [-0.2, -0.15) is 23.5 Å². The summed E-state index contributed by atoms with van der Waals surface area (Å²) in [5.41, 5.74) is 10.4. The van der Waals surface area contributed by atoms with Crippen LogP contribution < -0.4 is 21.7 Å². The van der Waals surface area contributed by atoms with Gasteiger partial charge in [0.25, 0.3) is 0 Å². The maximum atomic E-state index is 10.0. The number of hydrogen-bond donors (Lipinski definition) is 2. The zero-order valence-corrected chi connectivity index (χ0v) is 30.6. The molecule has 0 amide bonds. The third-order valence-electron chi connectivity index (χ3n) is 4.43. The predicted molar refractivity (Wildman–Crippen MR) is 178 cm³/mol. The molecule has 0 spiro atoms. The van der Waals surface area contributed by atoms with E-state index in [1.165, 1.54) is 0 Å². The fourth-order valence-electron chi connectivity index (χ4n) is 2.20. The summed E-state index contributed by atoms with van der Waals surface area (Å²) in [6.07, 6.45) is 15.0. The fraction of sp³-hybridized carbons (Fsp3) is 0.312. The third-order valence-corrected chi connectivity index (χ3v) is 6.29. The van der Waals surface area contributed by atoms with Crippen molar-refractivity contribution in [2.45, 2.75) is 38.8 Å². The van der Waals surface area contributed by atoms with Gasteiger partial charge in [0.05, 0.1) is 11.9 Å². The first-order valence-corrected chi connectivity index (χ1v) is 16.2. The van der Waals surface area contributed by atoms with Gasteiger partial charge < -0.3 is 31.3 Å². The number of aromatic nitrogens is 4. The SMILES string of the molecule is CCSCC[C@H](N)C(=O)[O-].CCSCC[C@H](N)C(=O)[O-].[Zn+2].c1ccncc1.c1ccncc1.c1ccncc1.c1ccncc1. The number of nitrogens with two attached hydrogens (primary N) is 2. The molecule has 0 fully saturated rings. The van der Waals surface area contributed by atoms with Crippen LogP contribution in [0, 0.1) is 0 Å². The summed E-state index contributed by atoms with van der Waals surface area (Å²) in [6.45, 7) is 4.05. The van der Waals surface area contributed by atoms with Crippen molar-refractivity contribution >= 4 is 35.5 Å². The van der Waals surface area contributed by atoms with E-state index in [0.29, 0.717) is 12.8 Å². The number of rotatable bonds is 10. The van der Waals surface area contributed by atoms with Gasteiger partial charge in [-0.15, -0.1) is 0 Å². The minimum atomic E-state index is -1.16. The van der Waals surface area contributed by atoms with Crippen molar-refractivity contribution in [1.29, 1.82) is 0 Å². The predicted octanol–water partition coefficient (Wildman–Crippen LogP) is 2.74. The van der Waals surface area contributed by atoms with Crippen molar-refractivity contribution in [1.82, 2.24) is 19.9 Å². The minimum absolute atomic E-state index is 0. The summed E-state index contributed by atoms with van der Waals surface area (Å²) in [7, 11) is 0. The van der Waals surface area contributed by atoms with Crippen LogP contribution in [0.25, 0.3) is 0 Å². The second-order valence-electron chi connectivity index (χ2n) is 7.92. The summed E-state index contributed by atoms with van der Waals surface area (Å²) in [5, 5.41) is 20.1. The molecule has 0 saturated heterocycles. The van der Waals surface area contributed by atoms with Crippen LogP contribution >= 0.6 is 23.5 Å². The van der Waals surface area contributed by atoms with E-state index in [9.17, 15) is 19.8 Å². The van der Waals surface area contributed by atoms with Crippen LogP contribution in [0.1, 0.15) is 26.7 Å². The van der Waals surface area contributed by atoms with E-state index in [4.69, 9.17) is 11.5 Å². The Hall–Kier alpha value is -3.22. The van der Waals surface area contributed by atoms with Gasteiger partial charge >= 0.3 is 19.5 Å². The van der Waals surface area contributed by atoms with E-state index in [2.05, 4.69) is 19.9 Å². The summed E-state index contributed by atoms with van der Waals surface area (Å²) >= 11 is 3.37. The Labute approximate surface area is 289 Å². The van der Waals surface area contributed by atoms with Crippen LogP contribution in [0.2, 0.25) is 0 Å². The molecule has 0 unspecified atom stereocenters. The molecule has 0 aliphatic carbocycles. The Bertz CT molecular complexity index is 841. The molecule has 0 aromatic carbocycles. The van der Waals surface area contributed by atoms with E-state index < -0.39 is 24.0 Å². The molecular formula is C32H44N6O4S2Zn. The van der Waals surface area contributed by atoms with Gasteiger partial charge in [-0.1, -0.05) is 38.1 Å². The van der Waals surface area contributed by atoms with E-state index in [-0.39, 0.29) is 19.5 Å². The standard InChI is InChI=1S/2C6H13NO2S.4C5H5N.Zn/c2*1-2-10-4-3-5(7)6(8)9;4*1-2-4-6-5-3-1;/h2*5H,2-4,7H2,1H3,(H,8,9);4*1-5H;/q;;;;;;+2/p-2/t2*5-;;;;;/m00...../s1. The normalized spacial score (nSPS) is 10.0. The number of thioether (sulfide) groups is 2. The van der Waals surface area contributed by atoms with E-state index in [1.54, 1.807) is 73.1 Å². The number of nitrogens with zero attached hydrogens (tertiary/aromatic N) is 4. The zero-order chi connectivity index (χ0) is 32.9. The van der Waals surface area contributed by atoms with Crippen molar-refractivity contribution in [3.05, 3.63) is 122 Å². The summed E-state index contributed by atoms with van der Waals surface area (Å²) in [4.78, 5) is 35.2. The van der Waals surface area contributed by atoms with Gasteiger partial charge in [-0.25, -0.2) is 0 Å². The number of aliphatic carboxylic acids is 2. The third kappa shape index (κ3) is 40.8. The molecule has 0 radical (unpaired) electrons. The Morgan fingerprint density at radius 3 is 0.867 bits per heavy atom. The van der Waals surface area contributed by atoms with Crippen LogP contribution in [0.15, 0.2) is 122 Å². The van der Waals surface area contributed by atoms with E-state index >= 15 is 0 Å². The Morgan fingerprint density at radius 1 is 0.533 bits per heavy atom. The first kappa shape index (κ1) is 46.2. The second-order valence-corrected chi connectivity index (χ2v) is 10.7. The van der Waals surface area contributed by atoms with Gasteiger partial charge in [-0.05, 0) is 84.4 Å². The van der Waals surface area contributed by atoms with Crippen molar-refractivity contribution < 1.29 is 39.3 Å². The van der Waals surface area contributed by atoms with Gasteiger partial charge in [0.1, 0.15) is 0 Å². The second kappa shape index (κ2) is 38.8. The van der Waals surface area contributed by atoms with Gasteiger partial charge in [0, 0.05) is 61.7 Å². The molecule has 0 aliphatic heterocycles. The molecule has 0 aliphatic rings. The van der Waals surface area contributed by atoms with Gasteiger partial charge in [-0.3, -0.25) is 19.9 Å². The number of carbonyl (C=O) groups is 2. The van der Waals surface area contributed by atoms with Crippen LogP contribution in [-0.4, -0.2) is 67.0 Å². The summed E-state index contributed by atoms with van der Waals surface area (Å²) in [5.74, 6) is 1.28. The molecule has 4 aromatic rings. The molecule has 4 N–H and O–H groups in total. The number of carboxylic acid groups (broad SMARTS) is 2. The maximum absolute atomic E-state index is 10.0. The van der Waals surface area contributed by atoms with Crippen molar-refractivity contribution in [3.63, 3.8) is 0 Å². The fourth-order valence-corrected chi connectivity index (χ4v) is 3.61. The number of carboxylic acids is 2. The summed E-state index contributed by atoms with van der Waals surface area (Å²) < 4.78 is 0. The number of pyridine rings is 4. The average molecular weight is 706 g/mol. The molecule has 240 valence electrons. The Kier molecular flexibility index (Phi) is 39.8. The zero-order valence-electron chi connectivity index (χ0n) is 26.0. The van der Waals surface area contributed by atoms with Crippen LogP contribution in [-0.2, 0) is 29.1 Å². The largest absolute Gasteiger partial charge is 2.00 e. The number of carbonyl (C=O) groups excluding carboxylic acids is 2. The first-order valence-electron chi connectivity index (χ1n) is 13.8. The molecule has 13 heteroatoms. The smallest absolute Gasteiger partial charge is 0.548 e. The molecule has 45 heavy (non-hydrogen) atoms. The van der Waals surface area contributed by atoms with Crippen LogP contribution in [0.5, 0.6) is 0 Å². The quantitative estimate of drug-likeness (QED) is 0.182. The van der Waals surface area contributed by atoms with Crippen molar-refractivity contribution in [3.8, 4) is 0 Å². The molecule has 0 saturated carbocycles. The minimum Gasteiger partial charge on any atom is -0.548 e. The molecule has 4 rings (SSSR count). The summed E-state index contributed by atoms with van der Waals surface area (Å²) in [6, 6.07) is 21.3. The van der Waals surface area contributed by atoms with E-state index in [0.717, 1.165) is 23.0 Å². The maximum Gasteiger partial charge on any atom is 2.00 e. The average Bonchev–Trinajstić information content (AvgIpc) is 3.09. The van der Waals surface area contributed by atoms with Gasteiger partial charge in [0.2, 0.25) is 0 Å². The van der Waals surface area contributed by atoms with Crippen molar-refractivity contribution in [2.24, 2.45) is 11.5 Å². The molecule has 0 bridgehead atoms. The molecule has 4 heterocycles. The van der Waals surface area contributed by atoms with Crippen LogP contribution in [0.3, 0.4) is 0 Å². The molecular weight excluding hydrogens is 662 g/mol. The Balaban J connectivity index is -0.000000474. The molecule has 2 atom stereocenters. The topological polar surface area (TPSA) is 184 Å². The van der Waals surface area contributed by atoms with Gasteiger partial charge in [0.15, 0.2) is 0 Å². The van der Waals surface area contributed by atoms with Crippen LogP contribution in [0.4, 0.5) is 0 Å². The Morgan fingerprint density at radius 2 is 0.756 bits per heavy atom. The monoisotopic (exact) mass is 704 g/mol. The molecule has 10 nitrogen and oxygen atoms in total. The van der Waals surface area contributed by atoms with Crippen molar-refractivity contribution in [2.75, 3.05) is 23.0 Å². The van der Waals surface area contributed by atoms with E-state index in [1.807, 2.05) is 86.6 Å². The number of hydrogen-bond acceptors (Lipinski definition) is 12. The first-order chi connectivity index (χ1) is 21.4.